The third-order valence-corrected chi connectivity index (χ3v) is 3.84. The second-order valence-corrected chi connectivity index (χ2v) is 5.49. The fourth-order valence-electron chi connectivity index (χ4n) is 2.56. The molecule has 0 aliphatic rings. The summed E-state index contributed by atoms with van der Waals surface area (Å²) in [6, 6.07) is 14.5. The molecule has 0 radical (unpaired) electrons. The molecule has 1 amide bonds. The molecule has 0 bridgehead atoms. The van der Waals surface area contributed by atoms with Crippen molar-refractivity contribution in [1.82, 2.24) is 4.90 Å². The van der Waals surface area contributed by atoms with Crippen LogP contribution in [-0.2, 0) is 20.7 Å². The van der Waals surface area contributed by atoms with Crippen LogP contribution in [0.4, 0.5) is 0 Å². The standard InChI is InChI=1S/C19H23NO3/c1-3-20(12-13-23-15(2)21)19(22)11-9-16-8-10-17-6-4-5-7-18(17)14-16/h4-8,10,14H,3,9,11-13H2,1-2H3. The molecule has 4 heteroatoms. The van der Waals surface area contributed by atoms with Gasteiger partial charge in [-0.15, -0.1) is 0 Å². The fraction of sp³-hybridized carbons (Fsp3) is 0.368. The Bertz CT molecular complexity index is 681. The van der Waals surface area contributed by atoms with Crippen LogP contribution in [0.5, 0.6) is 0 Å². The summed E-state index contributed by atoms with van der Waals surface area (Å²) in [5, 5.41) is 2.40. The Kier molecular flexibility index (Phi) is 6.15. The first-order valence-electron chi connectivity index (χ1n) is 7.99. The molecule has 4 nitrogen and oxygen atoms in total. The number of likely N-dealkylation sites (N-methyl/N-ethyl adjacent to an activating group) is 1. The van der Waals surface area contributed by atoms with Crippen LogP contribution < -0.4 is 0 Å². The molecule has 0 aliphatic carbocycles. The number of fused-ring (bicyclic) bond motifs is 1. The Morgan fingerprint density at radius 1 is 1.09 bits per heavy atom. The number of rotatable bonds is 7. The third kappa shape index (κ3) is 5.09. The number of nitrogens with zero attached hydrogens (tertiary/aromatic N) is 1. The van der Waals surface area contributed by atoms with E-state index < -0.39 is 0 Å². The number of amides is 1. The quantitative estimate of drug-likeness (QED) is 0.738. The van der Waals surface area contributed by atoms with Gasteiger partial charge in [-0.3, -0.25) is 9.59 Å². The van der Waals surface area contributed by atoms with Crippen LogP contribution in [0, 0.1) is 0 Å². The number of benzene rings is 2. The minimum absolute atomic E-state index is 0.0906. The number of hydrogen-bond donors (Lipinski definition) is 0. The largest absolute Gasteiger partial charge is 0.464 e. The lowest BCUT2D eigenvalue weighted by atomic mass is 10.0. The van der Waals surface area contributed by atoms with Gasteiger partial charge in [-0.25, -0.2) is 0 Å². The highest BCUT2D eigenvalue weighted by atomic mass is 16.5. The molecule has 0 unspecified atom stereocenters. The molecule has 0 aliphatic heterocycles. The Labute approximate surface area is 137 Å². The maximum atomic E-state index is 12.3. The number of hydrogen-bond acceptors (Lipinski definition) is 3. The van der Waals surface area contributed by atoms with Crippen molar-refractivity contribution in [3.8, 4) is 0 Å². The van der Waals surface area contributed by atoms with Crippen molar-refractivity contribution in [2.75, 3.05) is 19.7 Å². The molecule has 0 N–H and O–H groups in total. The average molecular weight is 313 g/mol. The minimum Gasteiger partial charge on any atom is -0.464 e. The van der Waals surface area contributed by atoms with Gasteiger partial charge in [0.2, 0.25) is 5.91 Å². The van der Waals surface area contributed by atoms with E-state index in [1.54, 1.807) is 4.90 Å². The van der Waals surface area contributed by atoms with E-state index in [4.69, 9.17) is 4.74 Å². The molecule has 2 rings (SSSR count). The van der Waals surface area contributed by atoms with Crippen LogP contribution in [0.2, 0.25) is 0 Å². The zero-order valence-electron chi connectivity index (χ0n) is 13.7. The Morgan fingerprint density at radius 2 is 1.83 bits per heavy atom. The summed E-state index contributed by atoms with van der Waals surface area (Å²) in [5.74, 6) is -0.225. The van der Waals surface area contributed by atoms with Gasteiger partial charge < -0.3 is 9.64 Å². The van der Waals surface area contributed by atoms with Crippen molar-refractivity contribution in [3.63, 3.8) is 0 Å². The lowest BCUT2D eigenvalue weighted by molar-refractivity contribution is -0.143. The second kappa shape index (κ2) is 8.32. The first-order chi connectivity index (χ1) is 11.1. The lowest BCUT2D eigenvalue weighted by Gasteiger charge is -2.20. The van der Waals surface area contributed by atoms with E-state index in [0.29, 0.717) is 25.9 Å². The van der Waals surface area contributed by atoms with E-state index in [2.05, 4.69) is 30.3 Å². The van der Waals surface area contributed by atoms with Crippen LogP contribution in [0.3, 0.4) is 0 Å². The van der Waals surface area contributed by atoms with Gasteiger partial charge >= 0.3 is 5.97 Å². The first kappa shape index (κ1) is 17.0. The van der Waals surface area contributed by atoms with Crippen LogP contribution in [0.25, 0.3) is 10.8 Å². The van der Waals surface area contributed by atoms with Gasteiger partial charge in [0.1, 0.15) is 6.61 Å². The van der Waals surface area contributed by atoms with Gasteiger partial charge in [0, 0.05) is 19.9 Å². The normalized spacial score (nSPS) is 10.5. The van der Waals surface area contributed by atoms with Gasteiger partial charge in [0.15, 0.2) is 0 Å². The molecule has 0 saturated heterocycles. The minimum atomic E-state index is -0.315. The van der Waals surface area contributed by atoms with Crippen LogP contribution in [0.15, 0.2) is 42.5 Å². The van der Waals surface area contributed by atoms with Crippen molar-refractivity contribution in [3.05, 3.63) is 48.0 Å². The molecular weight excluding hydrogens is 290 g/mol. The lowest BCUT2D eigenvalue weighted by Crippen LogP contribution is -2.34. The fourth-order valence-corrected chi connectivity index (χ4v) is 2.56. The van der Waals surface area contributed by atoms with Gasteiger partial charge in [0.05, 0.1) is 6.54 Å². The molecule has 0 spiro atoms. The number of carbonyl (C=O) groups is 2. The molecule has 122 valence electrons. The average Bonchev–Trinajstić information content (AvgIpc) is 2.56. The highest BCUT2D eigenvalue weighted by Crippen LogP contribution is 2.16. The van der Waals surface area contributed by atoms with E-state index in [1.165, 1.54) is 17.7 Å². The second-order valence-electron chi connectivity index (χ2n) is 5.49. The van der Waals surface area contributed by atoms with Crippen molar-refractivity contribution < 1.29 is 14.3 Å². The monoisotopic (exact) mass is 313 g/mol. The Balaban J connectivity index is 1.89. The molecule has 0 saturated carbocycles. The molecule has 2 aromatic rings. The van der Waals surface area contributed by atoms with Gasteiger partial charge in [0.25, 0.3) is 0 Å². The van der Waals surface area contributed by atoms with Crippen LogP contribution >= 0.6 is 0 Å². The molecule has 0 atom stereocenters. The molecular formula is C19H23NO3. The summed E-state index contributed by atoms with van der Waals surface area (Å²) in [6.07, 6.45) is 1.18. The highest BCUT2D eigenvalue weighted by Gasteiger charge is 2.12. The zero-order valence-corrected chi connectivity index (χ0v) is 13.7. The molecule has 0 heterocycles. The first-order valence-corrected chi connectivity index (χ1v) is 7.99. The SMILES string of the molecule is CCN(CCOC(C)=O)C(=O)CCc1ccc2ccccc2c1. The summed E-state index contributed by atoms with van der Waals surface area (Å²) in [7, 11) is 0. The number of ether oxygens (including phenoxy) is 1. The number of carbonyl (C=O) groups excluding carboxylic acids is 2. The summed E-state index contributed by atoms with van der Waals surface area (Å²) in [4.78, 5) is 24.8. The van der Waals surface area contributed by atoms with Gasteiger partial charge in [-0.1, -0.05) is 42.5 Å². The topological polar surface area (TPSA) is 46.6 Å². The van der Waals surface area contributed by atoms with Crippen molar-refractivity contribution in [2.45, 2.75) is 26.7 Å². The maximum Gasteiger partial charge on any atom is 0.302 e. The smallest absolute Gasteiger partial charge is 0.302 e. The highest BCUT2D eigenvalue weighted by molar-refractivity contribution is 5.83. The zero-order chi connectivity index (χ0) is 16.7. The Morgan fingerprint density at radius 3 is 2.52 bits per heavy atom. The summed E-state index contributed by atoms with van der Waals surface area (Å²) >= 11 is 0. The number of aryl methyl sites for hydroxylation is 1. The van der Waals surface area contributed by atoms with Crippen molar-refractivity contribution in [1.29, 1.82) is 0 Å². The molecule has 23 heavy (non-hydrogen) atoms. The van der Waals surface area contributed by atoms with Gasteiger partial charge in [-0.05, 0) is 29.7 Å². The van der Waals surface area contributed by atoms with E-state index in [1.807, 2.05) is 19.1 Å². The van der Waals surface area contributed by atoms with Gasteiger partial charge in [-0.2, -0.15) is 0 Å². The summed E-state index contributed by atoms with van der Waals surface area (Å²) in [5.41, 5.74) is 1.16. The summed E-state index contributed by atoms with van der Waals surface area (Å²) < 4.78 is 4.90. The van der Waals surface area contributed by atoms with E-state index >= 15 is 0 Å². The predicted octanol–water partition coefficient (Wildman–Crippen LogP) is 3.18. The third-order valence-electron chi connectivity index (χ3n) is 3.84. The van der Waals surface area contributed by atoms with Crippen molar-refractivity contribution in [2.24, 2.45) is 0 Å². The van der Waals surface area contributed by atoms with E-state index in [-0.39, 0.29) is 18.5 Å². The number of esters is 1. The van der Waals surface area contributed by atoms with E-state index in [0.717, 1.165) is 5.56 Å². The molecule has 0 aromatic heterocycles. The maximum absolute atomic E-state index is 12.3. The summed E-state index contributed by atoms with van der Waals surface area (Å²) in [6.45, 7) is 4.63. The Hall–Kier alpha value is -2.36. The van der Waals surface area contributed by atoms with E-state index in [9.17, 15) is 9.59 Å². The molecule has 0 fully saturated rings. The van der Waals surface area contributed by atoms with Crippen LogP contribution in [0.1, 0.15) is 25.8 Å². The van der Waals surface area contributed by atoms with Crippen molar-refractivity contribution >= 4 is 22.6 Å². The predicted molar refractivity (Wildman–Crippen MR) is 91.2 cm³/mol. The van der Waals surface area contributed by atoms with Crippen LogP contribution in [-0.4, -0.2) is 36.5 Å². The molecule has 2 aromatic carbocycles.